The fraction of sp³-hybridized carbons (Fsp3) is 0.278. The molecule has 0 aliphatic carbocycles. The fourth-order valence-electron chi connectivity index (χ4n) is 2.23. The van der Waals surface area contributed by atoms with Crippen molar-refractivity contribution >= 4 is 11.6 Å². The number of nitrogens with two attached hydrogens (primary N) is 1. The minimum absolute atomic E-state index is 0.129. The van der Waals surface area contributed by atoms with Crippen LogP contribution in [-0.4, -0.2) is 11.9 Å². The standard InChI is InChI=1S/C18H22N2O/c1-13(2)12-17(19)18(21)20-16-10-8-15(9-11-16)14-6-4-3-5-7-14/h3-11,13,17H,12,19H2,1-2H3,(H,20,21)/t17-/m1/s1. The SMILES string of the molecule is CC(C)C[C@@H](N)C(=O)Nc1ccc(-c2ccccc2)cc1. The van der Waals surface area contributed by atoms with E-state index in [1.807, 2.05) is 42.5 Å². The van der Waals surface area contributed by atoms with Crippen molar-refractivity contribution in [2.24, 2.45) is 11.7 Å². The van der Waals surface area contributed by atoms with Crippen LogP contribution in [0.3, 0.4) is 0 Å². The average molecular weight is 282 g/mol. The van der Waals surface area contributed by atoms with Crippen molar-refractivity contribution in [2.75, 3.05) is 5.32 Å². The molecule has 0 saturated heterocycles. The maximum Gasteiger partial charge on any atom is 0.241 e. The number of benzene rings is 2. The Kier molecular flexibility index (Phi) is 5.12. The summed E-state index contributed by atoms with van der Waals surface area (Å²) in [6, 6.07) is 17.5. The molecule has 0 aliphatic rings. The van der Waals surface area contributed by atoms with Crippen LogP contribution in [0, 0.1) is 5.92 Å². The molecule has 3 N–H and O–H groups in total. The normalized spacial score (nSPS) is 12.2. The number of rotatable bonds is 5. The highest BCUT2D eigenvalue weighted by atomic mass is 16.2. The Labute approximate surface area is 126 Å². The Hall–Kier alpha value is -2.13. The van der Waals surface area contributed by atoms with E-state index in [4.69, 9.17) is 5.73 Å². The monoisotopic (exact) mass is 282 g/mol. The van der Waals surface area contributed by atoms with Gasteiger partial charge in [0.2, 0.25) is 5.91 Å². The highest BCUT2D eigenvalue weighted by Crippen LogP contribution is 2.21. The van der Waals surface area contributed by atoms with Gasteiger partial charge >= 0.3 is 0 Å². The van der Waals surface area contributed by atoms with Gasteiger partial charge in [0, 0.05) is 5.69 Å². The van der Waals surface area contributed by atoms with Crippen LogP contribution >= 0.6 is 0 Å². The minimum Gasteiger partial charge on any atom is -0.325 e. The molecule has 0 bridgehead atoms. The van der Waals surface area contributed by atoms with Gasteiger partial charge < -0.3 is 11.1 Å². The lowest BCUT2D eigenvalue weighted by molar-refractivity contribution is -0.117. The Bertz CT molecular complexity index is 576. The molecule has 110 valence electrons. The van der Waals surface area contributed by atoms with Crippen LogP contribution in [0.1, 0.15) is 20.3 Å². The first-order valence-electron chi connectivity index (χ1n) is 7.28. The second kappa shape index (κ2) is 7.04. The van der Waals surface area contributed by atoms with Crippen molar-refractivity contribution < 1.29 is 4.79 Å². The number of nitrogens with one attached hydrogen (secondary N) is 1. The van der Waals surface area contributed by atoms with Crippen LogP contribution in [-0.2, 0) is 4.79 Å². The van der Waals surface area contributed by atoms with Gasteiger partial charge in [0.1, 0.15) is 0 Å². The number of hydrogen-bond acceptors (Lipinski definition) is 2. The van der Waals surface area contributed by atoms with Crippen LogP contribution in [0.15, 0.2) is 54.6 Å². The molecule has 0 fully saturated rings. The van der Waals surface area contributed by atoms with Gasteiger partial charge in [-0.2, -0.15) is 0 Å². The van der Waals surface area contributed by atoms with Crippen LogP contribution in [0.4, 0.5) is 5.69 Å². The lowest BCUT2D eigenvalue weighted by atomic mass is 10.0. The van der Waals surface area contributed by atoms with Gasteiger partial charge in [-0.1, -0.05) is 56.3 Å². The predicted octanol–water partition coefficient (Wildman–Crippen LogP) is 3.67. The molecule has 0 radical (unpaired) electrons. The minimum atomic E-state index is -0.459. The van der Waals surface area contributed by atoms with E-state index in [1.54, 1.807) is 0 Å². The molecular formula is C18H22N2O. The molecule has 0 spiro atoms. The molecular weight excluding hydrogens is 260 g/mol. The lowest BCUT2D eigenvalue weighted by Gasteiger charge is -2.14. The molecule has 21 heavy (non-hydrogen) atoms. The summed E-state index contributed by atoms with van der Waals surface area (Å²) in [7, 11) is 0. The van der Waals surface area contributed by atoms with Crippen molar-refractivity contribution in [3.05, 3.63) is 54.6 Å². The van der Waals surface area contributed by atoms with Gasteiger partial charge in [0.25, 0.3) is 0 Å². The van der Waals surface area contributed by atoms with E-state index in [0.29, 0.717) is 12.3 Å². The molecule has 1 atom stereocenters. The predicted molar refractivity (Wildman–Crippen MR) is 87.9 cm³/mol. The van der Waals surface area contributed by atoms with Gasteiger partial charge in [-0.3, -0.25) is 4.79 Å². The summed E-state index contributed by atoms with van der Waals surface area (Å²) >= 11 is 0. The first kappa shape index (κ1) is 15.3. The summed E-state index contributed by atoms with van der Waals surface area (Å²) in [6.45, 7) is 4.11. The molecule has 2 aromatic carbocycles. The van der Waals surface area contributed by atoms with Gasteiger partial charge in [-0.25, -0.2) is 0 Å². The van der Waals surface area contributed by atoms with Gasteiger partial charge in [0.05, 0.1) is 6.04 Å². The summed E-state index contributed by atoms with van der Waals surface area (Å²) in [5.74, 6) is 0.280. The largest absolute Gasteiger partial charge is 0.325 e. The molecule has 3 heteroatoms. The Morgan fingerprint density at radius 1 is 1.00 bits per heavy atom. The summed E-state index contributed by atoms with van der Waals surface area (Å²) in [5, 5.41) is 2.86. The lowest BCUT2D eigenvalue weighted by Crippen LogP contribution is -2.36. The van der Waals surface area contributed by atoms with E-state index < -0.39 is 6.04 Å². The van der Waals surface area contributed by atoms with E-state index >= 15 is 0 Å². The molecule has 0 saturated carbocycles. The molecule has 2 rings (SSSR count). The second-order valence-electron chi connectivity index (χ2n) is 5.67. The smallest absolute Gasteiger partial charge is 0.241 e. The Morgan fingerprint density at radius 2 is 1.57 bits per heavy atom. The Morgan fingerprint density at radius 3 is 2.14 bits per heavy atom. The third kappa shape index (κ3) is 4.43. The number of amides is 1. The van der Waals surface area contributed by atoms with Gasteiger partial charge in [-0.05, 0) is 35.6 Å². The molecule has 0 heterocycles. The summed E-state index contributed by atoms with van der Waals surface area (Å²) in [4.78, 5) is 12.0. The zero-order chi connectivity index (χ0) is 15.2. The third-order valence-corrected chi connectivity index (χ3v) is 3.32. The molecule has 1 amide bonds. The molecule has 0 aromatic heterocycles. The van der Waals surface area contributed by atoms with E-state index in [-0.39, 0.29) is 5.91 Å². The van der Waals surface area contributed by atoms with Gasteiger partial charge in [0.15, 0.2) is 0 Å². The number of carbonyl (C=O) groups is 1. The fourth-order valence-corrected chi connectivity index (χ4v) is 2.23. The van der Waals surface area contributed by atoms with E-state index in [1.165, 1.54) is 0 Å². The zero-order valence-electron chi connectivity index (χ0n) is 12.5. The van der Waals surface area contributed by atoms with E-state index in [2.05, 4.69) is 31.3 Å². The summed E-state index contributed by atoms with van der Waals surface area (Å²) in [6.07, 6.45) is 0.688. The molecule has 3 nitrogen and oxygen atoms in total. The topological polar surface area (TPSA) is 55.1 Å². The maximum absolute atomic E-state index is 12.0. The summed E-state index contributed by atoms with van der Waals surface area (Å²) < 4.78 is 0. The maximum atomic E-state index is 12.0. The van der Waals surface area contributed by atoms with Crippen molar-refractivity contribution in [1.29, 1.82) is 0 Å². The quantitative estimate of drug-likeness (QED) is 0.879. The first-order valence-corrected chi connectivity index (χ1v) is 7.28. The zero-order valence-corrected chi connectivity index (χ0v) is 12.5. The number of anilines is 1. The molecule has 0 unspecified atom stereocenters. The second-order valence-corrected chi connectivity index (χ2v) is 5.67. The highest BCUT2D eigenvalue weighted by molar-refractivity contribution is 5.94. The van der Waals surface area contributed by atoms with Crippen LogP contribution < -0.4 is 11.1 Å². The third-order valence-electron chi connectivity index (χ3n) is 3.32. The van der Waals surface area contributed by atoms with Crippen molar-refractivity contribution in [1.82, 2.24) is 0 Å². The van der Waals surface area contributed by atoms with Crippen molar-refractivity contribution in [2.45, 2.75) is 26.3 Å². The van der Waals surface area contributed by atoms with E-state index in [9.17, 15) is 4.79 Å². The highest BCUT2D eigenvalue weighted by Gasteiger charge is 2.14. The first-order chi connectivity index (χ1) is 10.1. The molecule has 2 aromatic rings. The van der Waals surface area contributed by atoms with Crippen LogP contribution in [0.25, 0.3) is 11.1 Å². The summed E-state index contributed by atoms with van der Waals surface area (Å²) in [5.41, 5.74) is 8.94. The average Bonchev–Trinajstić information content (AvgIpc) is 2.48. The van der Waals surface area contributed by atoms with Crippen LogP contribution in [0.5, 0.6) is 0 Å². The van der Waals surface area contributed by atoms with Gasteiger partial charge in [-0.15, -0.1) is 0 Å². The Balaban J connectivity index is 2.01. The number of hydrogen-bond donors (Lipinski definition) is 2. The molecule has 0 aliphatic heterocycles. The van der Waals surface area contributed by atoms with Crippen molar-refractivity contribution in [3.63, 3.8) is 0 Å². The van der Waals surface area contributed by atoms with Crippen molar-refractivity contribution in [3.8, 4) is 11.1 Å². The number of carbonyl (C=O) groups excluding carboxylic acids is 1. The van der Waals surface area contributed by atoms with Crippen LogP contribution in [0.2, 0.25) is 0 Å². The van der Waals surface area contributed by atoms with E-state index in [0.717, 1.165) is 16.8 Å².